The fraction of sp³-hybridized carbons (Fsp3) is 0.444. The molecule has 1 fully saturated rings. The summed E-state index contributed by atoms with van der Waals surface area (Å²) in [6, 6.07) is 5.33. The molecule has 0 unspecified atom stereocenters. The van der Waals surface area contributed by atoms with Crippen molar-refractivity contribution in [3.8, 4) is 11.9 Å². The van der Waals surface area contributed by atoms with E-state index in [4.69, 9.17) is 10.00 Å². The van der Waals surface area contributed by atoms with Gasteiger partial charge in [0.2, 0.25) is 5.88 Å². The summed E-state index contributed by atoms with van der Waals surface area (Å²) in [6.45, 7) is 4.97. The molecule has 130 valence electrons. The summed E-state index contributed by atoms with van der Waals surface area (Å²) in [6.07, 6.45) is 3.15. The molecule has 3 rings (SSSR count). The first-order chi connectivity index (χ1) is 12.0. The predicted molar refractivity (Wildman–Crippen MR) is 91.2 cm³/mol. The number of carbonyl (C=O) groups is 1. The quantitative estimate of drug-likeness (QED) is 0.854. The summed E-state index contributed by atoms with van der Waals surface area (Å²) in [5.74, 6) is 0.419. The van der Waals surface area contributed by atoms with Crippen LogP contribution in [0.25, 0.3) is 0 Å². The molecule has 0 saturated carbocycles. The molecule has 7 heteroatoms. The van der Waals surface area contributed by atoms with Gasteiger partial charge in [0.1, 0.15) is 6.10 Å². The van der Waals surface area contributed by atoms with Gasteiger partial charge in [0.15, 0.2) is 0 Å². The number of ether oxygens (including phenoxy) is 1. The molecule has 7 nitrogen and oxygen atoms in total. The van der Waals surface area contributed by atoms with Gasteiger partial charge < -0.3 is 9.64 Å². The van der Waals surface area contributed by atoms with Crippen LogP contribution in [0.15, 0.2) is 18.3 Å². The van der Waals surface area contributed by atoms with Gasteiger partial charge in [-0.2, -0.15) is 10.4 Å². The maximum absolute atomic E-state index is 12.9. The van der Waals surface area contributed by atoms with Crippen LogP contribution in [0.5, 0.6) is 5.88 Å². The van der Waals surface area contributed by atoms with Crippen molar-refractivity contribution in [1.29, 1.82) is 5.26 Å². The highest BCUT2D eigenvalue weighted by molar-refractivity contribution is 5.96. The molecule has 0 N–H and O–H groups in total. The van der Waals surface area contributed by atoms with Crippen molar-refractivity contribution in [2.75, 3.05) is 13.1 Å². The van der Waals surface area contributed by atoms with Gasteiger partial charge in [0.05, 0.1) is 29.4 Å². The Morgan fingerprint density at radius 1 is 1.44 bits per heavy atom. The van der Waals surface area contributed by atoms with E-state index in [1.54, 1.807) is 23.0 Å². The van der Waals surface area contributed by atoms with Gasteiger partial charge in [-0.1, -0.05) is 0 Å². The lowest BCUT2D eigenvalue weighted by atomic mass is 10.1. The van der Waals surface area contributed by atoms with Crippen molar-refractivity contribution in [2.24, 2.45) is 7.05 Å². The number of aryl methyl sites for hydroxylation is 2. The normalized spacial score (nSPS) is 17.2. The number of nitrogens with zero attached hydrogens (tertiary/aromatic N) is 5. The number of aromatic nitrogens is 3. The lowest BCUT2D eigenvalue weighted by molar-refractivity contribution is 0.0526. The molecule has 0 spiro atoms. The van der Waals surface area contributed by atoms with Gasteiger partial charge in [0, 0.05) is 31.5 Å². The number of hydrogen-bond donors (Lipinski definition) is 0. The second kappa shape index (κ2) is 6.93. The fourth-order valence-electron chi connectivity index (χ4n) is 3.17. The number of pyridine rings is 1. The van der Waals surface area contributed by atoms with Crippen LogP contribution in [-0.2, 0) is 7.05 Å². The third kappa shape index (κ3) is 3.48. The predicted octanol–water partition coefficient (Wildman–Crippen LogP) is 1.99. The van der Waals surface area contributed by atoms with Crippen LogP contribution in [0.1, 0.15) is 40.2 Å². The lowest BCUT2D eigenvalue weighted by Crippen LogP contribution is -2.44. The molecule has 3 heterocycles. The number of carbonyl (C=O) groups excluding carboxylic acids is 1. The maximum Gasteiger partial charge on any atom is 0.257 e. The molecular weight excluding hydrogens is 318 g/mol. The van der Waals surface area contributed by atoms with E-state index in [0.29, 0.717) is 30.1 Å². The van der Waals surface area contributed by atoms with Gasteiger partial charge in [0.25, 0.3) is 5.91 Å². The van der Waals surface area contributed by atoms with E-state index < -0.39 is 0 Å². The number of amides is 1. The van der Waals surface area contributed by atoms with Crippen molar-refractivity contribution >= 4 is 5.91 Å². The molecule has 0 aromatic carbocycles. The van der Waals surface area contributed by atoms with E-state index in [1.807, 2.05) is 25.8 Å². The summed E-state index contributed by atoms with van der Waals surface area (Å²) < 4.78 is 7.64. The monoisotopic (exact) mass is 339 g/mol. The van der Waals surface area contributed by atoms with Crippen molar-refractivity contribution in [1.82, 2.24) is 19.7 Å². The van der Waals surface area contributed by atoms with Crippen molar-refractivity contribution in [3.63, 3.8) is 0 Å². The maximum atomic E-state index is 12.9. The van der Waals surface area contributed by atoms with Crippen molar-refractivity contribution in [2.45, 2.75) is 32.8 Å². The number of piperidine rings is 1. The summed E-state index contributed by atoms with van der Waals surface area (Å²) in [5.41, 5.74) is 2.80. The van der Waals surface area contributed by atoms with Crippen LogP contribution in [0, 0.1) is 25.2 Å². The first kappa shape index (κ1) is 17.0. The van der Waals surface area contributed by atoms with E-state index in [-0.39, 0.29) is 12.0 Å². The van der Waals surface area contributed by atoms with E-state index in [1.165, 1.54) is 0 Å². The van der Waals surface area contributed by atoms with Crippen LogP contribution in [0.3, 0.4) is 0 Å². The molecule has 25 heavy (non-hydrogen) atoms. The Labute approximate surface area is 146 Å². The minimum atomic E-state index is -0.128. The minimum Gasteiger partial charge on any atom is -0.472 e. The Morgan fingerprint density at radius 2 is 2.24 bits per heavy atom. The molecular formula is C18H21N5O2. The SMILES string of the molecule is Cc1nn(C)c(C)c1C(=O)N1CCC[C@H](Oc2cc(C#N)ccn2)C1. The van der Waals surface area contributed by atoms with E-state index in [2.05, 4.69) is 16.2 Å². The second-order valence-corrected chi connectivity index (χ2v) is 6.30. The first-order valence-electron chi connectivity index (χ1n) is 8.32. The minimum absolute atomic E-state index is 0.00450. The van der Waals surface area contributed by atoms with E-state index in [0.717, 1.165) is 24.2 Å². The summed E-state index contributed by atoms with van der Waals surface area (Å²) in [7, 11) is 1.84. The molecule has 0 radical (unpaired) electrons. The average Bonchev–Trinajstić information content (AvgIpc) is 2.87. The van der Waals surface area contributed by atoms with Gasteiger partial charge in [-0.3, -0.25) is 9.48 Å². The van der Waals surface area contributed by atoms with Gasteiger partial charge in [-0.15, -0.1) is 0 Å². The molecule has 0 bridgehead atoms. The molecule has 1 aliphatic rings. The van der Waals surface area contributed by atoms with Crippen LogP contribution in [0.4, 0.5) is 0 Å². The van der Waals surface area contributed by atoms with Gasteiger partial charge in [-0.05, 0) is 32.8 Å². The fourth-order valence-corrected chi connectivity index (χ4v) is 3.17. The number of rotatable bonds is 3. The van der Waals surface area contributed by atoms with Gasteiger partial charge in [-0.25, -0.2) is 4.98 Å². The van der Waals surface area contributed by atoms with Crippen LogP contribution in [-0.4, -0.2) is 44.8 Å². The molecule has 2 aromatic rings. The summed E-state index contributed by atoms with van der Waals surface area (Å²) in [4.78, 5) is 18.9. The summed E-state index contributed by atoms with van der Waals surface area (Å²) >= 11 is 0. The third-order valence-corrected chi connectivity index (χ3v) is 4.54. The first-order valence-corrected chi connectivity index (χ1v) is 8.32. The highest BCUT2D eigenvalue weighted by Gasteiger charge is 2.29. The highest BCUT2D eigenvalue weighted by atomic mass is 16.5. The largest absolute Gasteiger partial charge is 0.472 e. The Balaban J connectivity index is 1.72. The zero-order valence-electron chi connectivity index (χ0n) is 14.7. The zero-order chi connectivity index (χ0) is 18.0. The van der Waals surface area contributed by atoms with E-state index >= 15 is 0 Å². The Morgan fingerprint density at radius 3 is 2.92 bits per heavy atom. The van der Waals surface area contributed by atoms with Crippen LogP contribution >= 0.6 is 0 Å². The molecule has 0 aliphatic carbocycles. The smallest absolute Gasteiger partial charge is 0.257 e. The number of nitriles is 1. The van der Waals surface area contributed by atoms with Crippen LogP contribution in [0.2, 0.25) is 0 Å². The molecule has 1 aliphatic heterocycles. The van der Waals surface area contributed by atoms with E-state index in [9.17, 15) is 4.79 Å². The Hall–Kier alpha value is -2.88. The Kier molecular flexibility index (Phi) is 4.70. The highest BCUT2D eigenvalue weighted by Crippen LogP contribution is 2.21. The number of likely N-dealkylation sites (tertiary alicyclic amines) is 1. The zero-order valence-corrected chi connectivity index (χ0v) is 14.7. The molecule has 1 saturated heterocycles. The lowest BCUT2D eigenvalue weighted by Gasteiger charge is -2.32. The average molecular weight is 339 g/mol. The summed E-state index contributed by atoms with van der Waals surface area (Å²) in [5, 5.41) is 13.3. The topological polar surface area (TPSA) is 84.0 Å². The Bertz CT molecular complexity index is 836. The third-order valence-electron chi connectivity index (χ3n) is 4.54. The molecule has 1 amide bonds. The molecule has 2 aromatic heterocycles. The standard InChI is InChI=1S/C18H21N5O2/c1-12-17(13(2)22(3)21-12)18(24)23-8-4-5-15(11-23)25-16-9-14(10-19)6-7-20-16/h6-7,9,15H,4-5,8,11H2,1-3H3/t15-/m0/s1. The molecule has 1 atom stereocenters. The second-order valence-electron chi connectivity index (χ2n) is 6.30. The van der Waals surface area contributed by atoms with Gasteiger partial charge >= 0.3 is 0 Å². The van der Waals surface area contributed by atoms with Crippen LogP contribution < -0.4 is 4.74 Å². The van der Waals surface area contributed by atoms with Crippen molar-refractivity contribution < 1.29 is 9.53 Å². The van der Waals surface area contributed by atoms with Crippen molar-refractivity contribution in [3.05, 3.63) is 40.8 Å². The number of hydrogen-bond acceptors (Lipinski definition) is 5.